The molecule has 0 amide bonds. The van der Waals surface area contributed by atoms with Crippen molar-refractivity contribution in [2.75, 3.05) is 19.6 Å². The Kier molecular flexibility index (Phi) is 3.84. The van der Waals surface area contributed by atoms with Crippen molar-refractivity contribution < 1.29 is 15.0 Å². The zero-order chi connectivity index (χ0) is 12.3. The molecule has 2 aliphatic rings. The third-order valence-electron chi connectivity index (χ3n) is 4.14. The third kappa shape index (κ3) is 3.07. The van der Waals surface area contributed by atoms with Crippen molar-refractivity contribution >= 4 is 5.97 Å². The van der Waals surface area contributed by atoms with Crippen LogP contribution in [0.15, 0.2) is 12.2 Å². The lowest BCUT2D eigenvalue weighted by atomic mass is 9.71. The van der Waals surface area contributed by atoms with Gasteiger partial charge in [0.15, 0.2) is 0 Å². The van der Waals surface area contributed by atoms with Gasteiger partial charge < -0.3 is 10.2 Å². The Hall–Kier alpha value is -0.870. The maximum absolute atomic E-state index is 10.5. The number of rotatable bonds is 3. The van der Waals surface area contributed by atoms with Crippen LogP contribution in [0.3, 0.4) is 0 Å². The van der Waals surface area contributed by atoms with E-state index < -0.39 is 11.6 Å². The second kappa shape index (κ2) is 5.19. The Labute approximate surface area is 102 Å². The number of aliphatic hydroxyl groups is 1. The van der Waals surface area contributed by atoms with Crippen LogP contribution in [0.4, 0.5) is 0 Å². The lowest BCUT2D eigenvalue weighted by Gasteiger charge is -2.47. The number of likely N-dealkylation sites (tertiary alicyclic amines) is 1. The van der Waals surface area contributed by atoms with Gasteiger partial charge in [0.2, 0.25) is 0 Å². The SMILES string of the molecule is O=C(O)/C=C/CN1CCC2(O)CCCCC2C1. The number of nitrogens with zero attached hydrogens (tertiary/aromatic N) is 1. The summed E-state index contributed by atoms with van der Waals surface area (Å²) in [5, 5.41) is 19.0. The lowest BCUT2D eigenvalue weighted by molar-refractivity contribution is -0.131. The lowest BCUT2D eigenvalue weighted by Crippen LogP contribution is -2.53. The number of piperidine rings is 1. The molecule has 1 heterocycles. The normalized spacial score (nSPS) is 34.8. The van der Waals surface area contributed by atoms with Gasteiger partial charge >= 0.3 is 5.97 Å². The number of carbonyl (C=O) groups is 1. The molecular formula is C13H21NO3. The fraction of sp³-hybridized carbons (Fsp3) is 0.769. The number of hydrogen-bond donors (Lipinski definition) is 2. The maximum Gasteiger partial charge on any atom is 0.328 e. The number of fused-ring (bicyclic) bond motifs is 1. The molecule has 0 aromatic rings. The molecule has 1 aliphatic heterocycles. The molecule has 1 aliphatic carbocycles. The van der Waals surface area contributed by atoms with Crippen molar-refractivity contribution in [2.45, 2.75) is 37.7 Å². The fourth-order valence-electron chi connectivity index (χ4n) is 3.11. The van der Waals surface area contributed by atoms with Crippen LogP contribution in [0.1, 0.15) is 32.1 Å². The second-order valence-electron chi connectivity index (χ2n) is 5.30. The maximum atomic E-state index is 10.5. The minimum Gasteiger partial charge on any atom is -0.478 e. The van der Waals surface area contributed by atoms with E-state index in [1.54, 1.807) is 6.08 Å². The number of carboxylic acid groups (broad SMARTS) is 1. The van der Waals surface area contributed by atoms with Crippen LogP contribution < -0.4 is 0 Å². The van der Waals surface area contributed by atoms with Crippen LogP contribution in [0.5, 0.6) is 0 Å². The van der Waals surface area contributed by atoms with Crippen molar-refractivity contribution in [1.29, 1.82) is 0 Å². The van der Waals surface area contributed by atoms with Gasteiger partial charge in [0.25, 0.3) is 0 Å². The number of aliphatic carboxylic acids is 1. The molecule has 2 rings (SSSR count). The molecule has 0 radical (unpaired) electrons. The highest BCUT2D eigenvalue weighted by Gasteiger charge is 2.42. The van der Waals surface area contributed by atoms with E-state index in [4.69, 9.17) is 5.11 Å². The van der Waals surface area contributed by atoms with E-state index in [-0.39, 0.29) is 0 Å². The first kappa shape index (κ1) is 12.6. The molecule has 1 saturated heterocycles. The van der Waals surface area contributed by atoms with Gasteiger partial charge in [-0.25, -0.2) is 4.79 Å². The quantitative estimate of drug-likeness (QED) is 0.728. The van der Waals surface area contributed by atoms with Crippen LogP contribution in [-0.2, 0) is 4.79 Å². The first-order valence-electron chi connectivity index (χ1n) is 6.44. The van der Waals surface area contributed by atoms with Crippen molar-refractivity contribution in [3.05, 3.63) is 12.2 Å². The first-order valence-corrected chi connectivity index (χ1v) is 6.44. The highest BCUT2D eigenvalue weighted by Crippen LogP contribution is 2.39. The highest BCUT2D eigenvalue weighted by molar-refractivity contribution is 5.79. The highest BCUT2D eigenvalue weighted by atomic mass is 16.4. The molecule has 0 aromatic carbocycles. The second-order valence-corrected chi connectivity index (χ2v) is 5.30. The Morgan fingerprint density at radius 1 is 1.41 bits per heavy atom. The van der Waals surface area contributed by atoms with Crippen LogP contribution in [0.2, 0.25) is 0 Å². The minimum absolute atomic E-state index is 0.378. The first-order chi connectivity index (χ1) is 8.10. The monoisotopic (exact) mass is 239 g/mol. The third-order valence-corrected chi connectivity index (χ3v) is 4.14. The van der Waals surface area contributed by atoms with Crippen molar-refractivity contribution in [1.82, 2.24) is 4.90 Å². The van der Waals surface area contributed by atoms with Crippen LogP contribution >= 0.6 is 0 Å². The summed E-state index contributed by atoms with van der Waals surface area (Å²) in [5.74, 6) is -0.514. The number of carboxylic acids is 1. The summed E-state index contributed by atoms with van der Waals surface area (Å²) in [6, 6.07) is 0. The predicted octanol–water partition coefficient (Wildman–Crippen LogP) is 1.25. The van der Waals surface area contributed by atoms with Gasteiger partial charge in [-0.05, 0) is 19.3 Å². The molecule has 2 fully saturated rings. The Balaban J connectivity index is 1.87. The van der Waals surface area contributed by atoms with Crippen LogP contribution in [-0.4, -0.2) is 46.3 Å². The van der Waals surface area contributed by atoms with E-state index in [0.717, 1.165) is 38.8 Å². The van der Waals surface area contributed by atoms with Crippen molar-refractivity contribution in [2.24, 2.45) is 5.92 Å². The molecule has 2 atom stereocenters. The summed E-state index contributed by atoms with van der Waals surface area (Å²) in [4.78, 5) is 12.6. The van der Waals surface area contributed by atoms with Gasteiger partial charge in [-0.1, -0.05) is 18.9 Å². The Morgan fingerprint density at radius 3 is 3.00 bits per heavy atom. The molecule has 1 saturated carbocycles. The van der Waals surface area contributed by atoms with E-state index in [0.29, 0.717) is 12.5 Å². The Morgan fingerprint density at radius 2 is 2.24 bits per heavy atom. The summed E-state index contributed by atoms with van der Waals surface area (Å²) < 4.78 is 0. The molecular weight excluding hydrogens is 218 g/mol. The summed E-state index contributed by atoms with van der Waals surface area (Å²) in [6.07, 6.45) is 8.12. The van der Waals surface area contributed by atoms with E-state index in [1.165, 1.54) is 12.5 Å². The molecule has 96 valence electrons. The summed E-state index contributed by atoms with van der Waals surface area (Å²) >= 11 is 0. The van der Waals surface area contributed by atoms with Gasteiger partial charge in [0.05, 0.1) is 5.60 Å². The molecule has 0 aromatic heterocycles. The zero-order valence-corrected chi connectivity index (χ0v) is 10.1. The summed E-state index contributed by atoms with van der Waals surface area (Å²) in [6.45, 7) is 2.45. The molecule has 4 heteroatoms. The topological polar surface area (TPSA) is 60.8 Å². The molecule has 17 heavy (non-hydrogen) atoms. The average Bonchev–Trinajstić information content (AvgIpc) is 2.28. The average molecular weight is 239 g/mol. The van der Waals surface area contributed by atoms with Gasteiger partial charge in [-0.15, -0.1) is 0 Å². The van der Waals surface area contributed by atoms with E-state index in [9.17, 15) is 9.90 Å². The van der Waals surface area contributed by atoms with Gasteiger partial charge in [0.1, 0.15) is 0 Å². The minimum atomic E-state index is -0.892. The fourth-order valence-corrected chi connectivity index (χ4v) is 3.11. The van der Waals surface area contributed by atoms with Crippen LogP contribution in [0, 0.1) is 5.92 Å². The van der Waals surface area contributed by atoms with E-state index in [2.05, 4.69) is 4.90 Å². The van der Waals surface area contributed by atoms with Crippen LogP contribution in [0.25, 0.3) is 0 Å². The van der Waals surface area contributed by atoms with Gasteiger partial charge in [-0.3, -0.25) is 4.90 Å². The Bertz CT molecular complexity index is 316. The van der Waals surface area contributed by atoms with Gasteiger partial charge in [-0.2, -0.15) is 0 Å². The molecule has 4 nitrogen and oxygen atoms in total. The largest absolute Gasteiger partial charge is 0.478 e. The van der Waals surface area contributed by atoms with Crippen molar-refractivity contribution in [3.8, 4) is 0 Å². The molecule has 2 unspecified atom stereocenters. The van der Waals surface area contributed by atoms with Gasteiger partial charge in [0, 0.05) is 31.6 Å². The molecule has 2 N–H and O–H groups in total. The summed E-state index contributed by atoms with van der Waals surface area (Å²) in [7, 11) is 0. The smallest absolute Gasteiger partial charge is 0.328 e. The summed E-state index contributed by atoms with van der Waals surface area (Å²) in [5.41, 5.74) is -0.439. The zero-order valence-electron chi connectivity index (χ0n) is 10.1. The predicted molar refractivity (Wildman–Crippen MR) is 64.7 cm³/mol. The molecule has 0 bridgehead atoms. The molecule has 0 spiro atoms. The standard InChI is InChI=1S/C13H21NO3/c15-12(16)5-3-8-14-9-7-13(17)6-2-1-4-11(13)10-14/h3,5,11,17H,1-2,4,6-10H2,(H,15,16)/b5-3+. The van der Waals surface area contributed by atoms with E-state index in [1.807, 2.05) is 0 Å². The number of hydrogen-bond acceptors (Lipinski definition) is 3. The van der Waals surface area contributed by atoms with E-state index >= 15 is 0 Å². The van der Waals surface area contributed by atoms with Crippen molar-refractivity contribution in [3.63, 3.8) is 0 Å².